The molecule has 0 saturated heterocycles. The van der Waals surface area contributed by atoms with E-state index >= 15 is 0 Å². The minimum Gasteiger partial charge on any atom is -0.373 e. The lowest BCUT2D eigenvalue weighted by Crippen LogP contribution is -2.13. The fourth-order valence-electron chi connectivity index (χ4n) is 1.03. The van der Waals surface area contributed by atoms with Crippen molar-refractivity contribution in [1.29, 1.82) is 0 Å². The van der Waals surface area contributed by atoms with Crippen LogP contribution in [0.5, 0.6) is 0 Å². The fourth-order valence-corrected chi connectivity index (χ4v) is 1.65. The molecular weight excluding hydrogens is 212 g/mol. The Morgan fingerprint density at radius 1 is 1.40 bits per heavy atom. The summed E-state index contributed by atoms with van der Waals surface area (Å²) in [6.45, 7) is 2.58. The summed E-state index contributed by atoms with van der Waals surface area (Å²) < 4.78 is 11.2. The second-order valence-electron chi connectivity index (χ2n) is 2.90. The molecule has 0 radical (unpaired) electrons. The highest BCUT2D eigenvalue weighted by Gasteiger charge is 1.98. The van der Waals surface area contributed by atoms with Gasteiger partial charge in [0.2, 0.25) is 0 Å². The molecule has 0 aliphatic rings. The predicted octanol–water partition coefficient (Wildman–Crippen LogP) is 0.699. The molecule has 0 fully saturated rings. The van der Waals surface area contributed by atoms with Gasteiger partial charge in [-0.1, -0.05) is 6.92 Å². The highest BCUT2D eigenvalue weighted by molar-refractivity contribution is 7.84. The Hall–Kier alpha value is -1.17. The maximum atomic E-state index is 11.2. The zero-order chi connectivity index (χ0) is 11.1. The van der Waals surface area contributed by atoms with Crippen LogP contribution in [-0.4, -0.2) is 39.3 Å². The number of hydrogen-bond donors (Lipinski definition) is 2. The molecule has 2 N–H and O–H groups in total. The first kappa shape index (κ1) is 11.9. The molecule has 0 bridgehead atoms. The van der Waals surface area contributed by atoms with Crippen molar-refractivity contribution in [3.63, 3.8) is 0 Å². The van der Waals surface area contributed by atoms with E-state index in [1.54, 1.807) is 7.05 Å². The molecule has 1 unspecified atom stereocenters. The van der Waals surface area contributed by atoms with Gasteiger partial charge in [-0.25, -0.2) is 9.97 Å². The monoisotopic (exact) mass is 228 g/mol. The van der Waals surface area contributed by atoms with Gasteiger partial charge in [0.05, 0.1) is 0 Å². The maximum Gasteiger partial charge on any atom is 0.131 e. The van der Waals surface area contributed by atoms with E-state index < -0.39 is 10.8 Å². The predicted molar refractivity (Wildman–Crippen MR) is 63.6 cm³/mol. The van der Waals surface area contributed by atoms with Crippen LogP contribution >= 0.6 is 0 Å². The summed E-state index contributed by atoms with van der Waals surface area (Å²) in [5.74, 6) is 2.87. The van der Waals surface area contributed by atoms with Crippen molar-refractivity contribution in [3.8, 4) is 0 Å². The first-order valence-corrected chi connectivity index (χ1v) is 6.33. The van der Waals surface area contributed by atoms with Crippen molar-refractivity contribution in [2.75, 3.05) is 35.7 Å². The van der Waals surface area contributed by atoms with E-state index in [0.29, 0.717) is 18.1 Å². The van der Waals surface area contributed by atoms with E-state index in [2.05, 4.69) is 20.6 Å². The third-order valence-electron chi connectivity index (χ3n) is 1.88. The first-order chi connectivity index (χ1) is 7.26. The molecule has 1 aromatic rings. The highest BCUT2D eigenvalue weighted by Crippen LogP contribution is 2.06. The van der Waals surface area contributed by atoms with Crippen molar-refractivity contribution in [1.82, 2.24) is 9.97 Å². The van der Waals surface area contributed by atoms with Crippen LogP contribution in [0.3, 0.4) is 0 Å². The van der Waals surface area contributed by atoms with Gasteiger partial charge in [-0.05, 0) is 0 Å². The number of hydrogen-bond acceptors (Lipinski definition) is 5. The summed E-state index contributed by atoms with van der Waals surface area (Å²) in [5.41, 5.74) is 0. The molecule has 1 rings (SSSR count). The summed E-state index contributed by atoms with van der Waals surface area (Å²) in [5, 5.41) is 6.03. The molecule has 1 aromatic heterocycles. The van der Waals surface area contributed by atoms with Crippen LogP contribution in [0.25, 0.3) is 0 Å². The molecular formula is C9H16N4OS. The first-order valence-electron chi connectivity index (χ1n) is 4.85. The van der Waals surface area contributed by atoms with E-state index in [4.69, 9.17) is 0 Å². The highest BCUT2D eigenvalue weighted by atomic mass is 32.2. The second kappa shape index (κ2) is 6.34. The van der Waals surface area contributed by atoms with E-state index in [1.807, 2.05) is 13.0 Å². The Morgan fingerprint density at radius 2 is 2.13 bits per heavy atom. The normalized spacial score (nSPS) is 12.1. The lowest BCUT2D eigenvalue weighted by Gasteiger charge is -2.05. The Kier molecular flexibility index (Phi) is 5.03. The van der Waals surface area contributed by atoms with Crippen molar-refractivity contribution in [2.45, 2.75) is 6.92 Å². The zero-order valence-electron chi connectivity index (χ0n) is 8.99. The van der Waals surface area contributed by atoms with Crippen LogP contribution in [0.15, 0.2) is 12.4 Å². The van der Waals surface area contributed by atoms with Crippen LogP contribution < -0.4 is 10.6 Å². The molecule has 0 amide bonds. The van der Waals surface area contributed by atoms with Crippen molar-refractivity contribution < 1.29 is 4.21 Å². The van der Waals surface area contributed by atoms with E-state index in [0.717, 1.165) is 11.6 Å². The third-order valence-corrected chi connectivity index (χ3v) is 3.18. The summed E-state index contributed by atoms with van der Waals surface area (Å²) in [4.78, 5) is 8.04. The van der Waals surface area contributed by atoms with Gasteiger partial charge in [0.1, 0.15) is 18.0 Å². The van der Waals surface area contributed by atoms with Gasteiger partial charge >= 0.3 is 0 Å². The number of nitrogens with zero attached hydrogens (tertiary/aromatic N) is 2. The quantitative estimate of drug-likeness (QED) is 0.750. The van der Waals surface area contributed by atoms with Crippen LogP contribution in [0, 0.1) is 0 Å². The lowest BCUT2D eigenvalue weighted by atomic mass is 10.5. The second-order valence-corrected chi connectivity index (χ2v) is 4.76. The Bertz CT molecular complexity index is 332. The van der Waals surface area contributed by atoms with Gasteiger partial charge in [-0.15, -0.1) is 0 Å². The van der Waals surface area contributed by atoms with Gasteiger partial charge in [0.25, 0.3) is 0 Å². The summed E-state index contributed by atoms with van der Waals surface area (Å²) in [7, 11) is 1.07. The van der Waals surface area contributed by atoms with Crippen molar-refractivity contribution in [2.24, 2.45) is 0 Å². The largest absolute Gasteiger partial charge is 0.373 e. The summed E-state index contributed by atoms with van der Waals surface area (Å²) >= 11 is 0. The van der Waals surface area contributed by atoms with Crippen molar-refractivity contribution >= 4 is 22.4 Å². The number of nitrogens with one attached hydrogen (secondary N) is 2. The van der Waals surface area contributed by atoms with E-state index in [-0.39, 0.29) is 0 Å². The van der Waals surface area contributed by atoms with Gasteiger partial charge < -0.3 is 10.6 Å². The Balaban J connectivity index is 2.40. The molecule has 6 heteroatoms. The van der Waals surface area contributed by atoms with Crippen molar-refractivity contribution in [3.05, 3.63) is 12.4 Å². The van der Waals surface area contributed by atoms with Gasteiger partial charge in [-0.3, -0.25) is 4.21 Å². The molecule has 0 spiro atoms. The fraction of sp³-hybridized carbons (Fsp3) is 0.556. The average Bonchev–Trinajstić information content (AvgIpc) is 2.29. The summed E-state index contributed by atoms with van der Waals surface area (Å²) in [6.07, 6.45) is 1.49. The Morgan fingerprint density at radius 3 is 2.80 bits per heavy atom. The van der Waals surface area contributed by atoms with E-state index in [1.165, 1.54) is 6.33 Å². The van der Waals surface area contributed by atoms with Crippen LogP contribution in [0.4, 0.5) is 11.6 Å². The minimum atomic E-state index is -0.729. The average molecular weight is 228 g/mol. The molecule has 15 heavy (non-hydrogen) atoms. The van der Waals surface area contributed by atoms with E-state index in [9.17, 15) is 4.21 Å². The van der Waals surface area contributed by atoms with Gasteiger partial charge in [-0.2, -0.15) is 0 Å². The molecule has 0 aliphatic heterocycles. The van der Waals surface area contributed by atoms with Crippen LogP contribution in [-0.2, 0) is 10.8 Å². The minimum absolute atomic E-state index is 0.648. The maximum absolute atomic E-state index is 11.2. The smallest absolute Gasteiger partial charge is 0.131 e. The number of rotatable bonds is 6. The molecule has 84 valence electrons. The lowest BCUT2D eigenvalue weighted by molar-refractivity contribution is 0.684. The SMILES string of the molecule is CCS(=O)CCNc1cc(NC)ncn1. The molecule has 0 saturated carbocycles. The Labute approximate surface area is 92.2 Å². The summed E-state index contributed by atoms with van der Waals surface area (Å²) in [6, 6.07) is 1.81. The topological polar surface area (TPSA) is 66.9 Å². The van der Waals surface area contributed by atoms with Gasteiger partial charge in [0, 0.05) is 42.0 Å². The molecule has 1 atom stereocenters. The van der Waals surface area contributed by atoms with Crippen LogP contribution in [0.2, 0.25) is 0 Å². The molecule has 0 aliphatic carbocycles. The molecule has 0 aromatic carbocycles. The number of anilines is 2. The third kappa shape index (κ3) is 4.24. The van der Waals surface area contributed by atoms with Gasteiger partial charge in [0.15, 0.2) is 0 Å². The molecule has 5 nitrogen and oxygen atoms in total. The zero-order valence-corrected chi connectivity index (χ0v) is 9.80. The standard InChI is InChI=1S/C9H16N4OS/c1-3-15(14)5-4-11-9-6-8(10-2)12-7-13-9/h6-7H,3-5H2,1-2H3,(H2,10,11,12,13). The molecule has 1 heterocycles. The van der Waals surface area contributed by atoms with Crippen LogP contribution in [0.1, 0.15) is 6.92 Å². The number of aromatic nitrogens is 2.